The summed E-state index contributed by atoms with van der Waals surface area (Å²) in [6.45, 7) is 6.28. The smallest absolute Gasteiger partial charge is 0.313 e. The maximum Gasteiger partial charge on any atom is 0.313 e. The number of likely N-dealkylation sites (tertiary alicyclic amines) is 1. The Hall–Kier alpha value is -3.57. The molecular formula is C32H41N5O6. The number of carbonyl (C=O) groups excluding carboxylic acids is 3. The first-order valence-electron chi connectivity index (χ1n) is 15.5. The highest BCUT2D eigenvalue weighted by molar-refractivity contribution is 5.99. The second-order valence-corrected chi connectivity index (χ2v) is 12.6. The number of carbonyl (C=O) groups is 3. The van der Waals surface area contributed by atoms with E-state index < -0.39 is 41.1 Å². The van der Waals surface area contributed by atoms with Crippen molar-refractivity contribution < 1.29 is 29.0 Å². The highest BCUT2D eigenvalue weighted by atomic mass is 16.6. The molecule has 2 saturated heterocycles. The third-order valence-corrected chi connectivity index (χ3v) is 9.48. The van der Waals surface area contributed by atoms with Crippen LogP contribution in [0.5, 0.6) is 0 Å². The SMILES string of the molecule is CC[C@@]12/C=C\CCCCOC(=O)[C@@H]1[C@H]1C(=O)N([C@@H](CO)CC(C)C)C3C(=O)N(Cn4nnc5ccccc54)CC=C[C@@]31O2. The number of rotatable bonds is 7. The van der Waals surface area contributed by atoms with Crippen LogP contribution < -0.4 is 0 Å². The molecule has 6 rings (SSSR count). The molecule has 2 fully saturated rings. The van der Waals surface area contributed by atoms with Gasteiger partial charge in [0.25, 0.3) is 5.91 Å². The number of para-hydroxylation sites is 1. The Kier molecular flexibility index (Phi) is 7.89. The van der Waals surface area contributed by atoms with Crippen LogP contribution in [0.4, 0.5) is 0 Å². The molecule has 0 saturated carbocycles. The van der Waals surface area contributed by atoms with Crippen LogP contribution in [0, 0.1) is 17.8 Å². The lowest BCUT2D eigenvalue weighted by Crippen LogP contribution is -2.59. The van der Waals surface area contributed by atoms with Gasteiger partial charge in [0.2, 0.25) is 5.91 Å². The van der Waals surface area contributed by atoms with Crippen molar-refractivity contribution in [3.8, 4) is 0 Å². The van der Waals surface area contributed by atoms with Gasteiger partial charge in [-0.3, -0.25) is 14.4 Å². The van der Waals surface area contributed by atoms with Crippen LogP contribution in [0.3, 0.4) is 0 Å². The van der Waals surface area contributed by atoms with Crippen LogP contribution in [-0.2, 0) is 30.5 Å². The number of amides is 2. The molecule has 1 aromatic carbocycles. The Labute approximate surface area is 251 Å². The van der Waals surface area contributed by atoms with Crippen molar-refractivity contribution in [1.29, 1.82) is 0 Å². The van der Waals surface area contributed by atoms with Gasteiger partial charge in [-0.2, -0.15) is 0 Å². The maximum atomic E-state index is 14.7. The molecule has 230 valence electrons. The Balaban J connectivity index is 1.47. The van der Waals surface area contributed by atoms with Crippen molar-refractivity contribution in [1.82, 2.24) is 24.8 Å². The van der Waals surface area contributed by atoms with E-state index in [1.54, 1.807) is 9.58 Å². The van der Waals surface area contributed by atoms with Crippen molar-refractivity contribution in [2.75, 3.05) is 19.8 Å². The average Bonchev–Trinajstić information content (AvgIpc) is 3.57. The molecule has 6 atom stereocenters. The van der Waals surface area contributed by atoms with Crippen molar-refractivity contribution in [3.63, 3.8) is 0 Å². The number of esters is 1. The lowest BCUT2D eigenvalue weighted by Gasteiger charge is -2.41. The van der Waals surface area contributed by atoms with Gasteiger partial charge in [-0.1, -0.05) is 62.4 Å². The second kappa shape index (κ2) is 11.5. The molecule has 5 heterocycles. The number of hydrogen-bond acceptors (Lipinski definition) is 8. The number of aromatic nitrogens is 3. The zero-order valence-corrected chi connectivity index (χ0v) is 25.1. The lowest BCUT2D eigenvalue weighted by atomic mass is 9.73. The number of allylic oxidation sites excluding steroid dienone is 1. The number of cyclic esters (lactones) is 1. The first-order valence-corrected chi connectivity index (χ1v) is 15.5. The van der Waals surface area contributed by atoms with E-state index in [0.29, 0.717) is 18.4 Å². The summed E-state index contributed by atoms with van der Waals surface area (Å²) in [7, 11) is 0. The van der Waals surface area contributed by atoms with E-state index in [1.807, 2.05) is 69.3 Å². The summed E-state index contributed by atoms with van der Waals surface area (Å²) in [6.07, 6.45) is 10.9. The standard InChI is InChI=1S/C32H41N5O6/c1-4-31-14-9-5-6-10-17-42-30(41)26(31)25-28(39)37(22(19-38)18-21(2)3)27-29(40)35(16-11-15-32(25,27)43-31)20-36-24-13-8-7-12-23(24)33-34-36/h7-9,11-15,21-22,25-27,38H,4-6,10,16-20H2,1-3H3/b14-9-/t22-,25+,26+,27?,31-,32+/m1/s1. The molecule has 1 spiro atoms. The van der Waals surface area contributed by atoms with Gasteiger partial charge < -0.3 is 24.4 Å². The molecule has 4 aliphatic rings. The topological polar surface area (TPSA) is 127 Å². The molecule has 1 aromatic heterocycles. The van der Waals surface area contributed by atoms with Gasteiger partial charge in [0.15, 0.2) is 0 Å². The van der Waals surface area contributed by atoms with Gasteiger partial charge >= 0.3 is 5.97 Å². The summed E-state index contributed by atoms with van der Waals surface area (Å²) in [6, 6.07) is 5.81. The predicted octanol–water partition coefficient (Wildman–Crippen LogP) is 2.84. The average molecular weight is 592 g/mol. The fourth-order valence-corrected chi connectivity index (χ4v) is 7.55. The van der Waals surface area contributed by atoms with Crippen molar-refractivity contribution in [2.24, 2.45) is 17.8 Å². The number of nitrogens with zero attached hydrogens (tertiary/aromatic N) is 5. The monoisotopic (exact) mass is 591 g/mol. The number of aliphatic hydroxyl groups is 1. The highest BCUT2D eigenvalue weighted by Gasteiger charge is 2.75. The first-order chi connectivity index (χ1) is 20.8. The first kappa shape index (κ1) is 29.5. The zero-order chi connectivity index (χ0) is 30.4. The van der Waals surface area contributed by atoms with E-state index in [-0.39, 0.29) is 44.2 Å². The highest BCUT2D eigenvalue weighted by Crippen LogP contribution is 2.58. The van der Waals surface area contributed by atoms with Gasteiger partial charge in [0.1, 0.15) is 35.3 Å². The molecule has 2 amide bonds. The number of hydrogen-bond donors (Lipinski definition) is 1. The van der Waals surface area contributed by atoms with Gasteiger partial charge in [-0.15, -0.1) is 5.10 Å². The maximum absolute atomic E-state index is 14.7. The summed E-state index contributed by atoms with van der Waals surface area (Å²) in [5, 5.41) is 19.1. The van der Waals surface area contributed by atoms with Crippen LogP contribution in [0.25, 0.3) is 11.0 Å². The number of fused-ring (bicyclic) bond motifs is 3. The summed E-state index contributed by atoms with van der Waals surface area (Å²) in [5.74, 6) is -2.94. The van der Waals surface area contributed by atoms with Crippen LogP contribution >= 0.6 is 0 Å². The zero-order valence-electron chi connectivity index (χ0n) is 25.1. The van der Waals surface area contributed by atoms with Crippen LogP contribution in [0.1, 0.15) is 52.9 Å². The molecule has 1 unspecified atom stereocenters. The van der Waals surface area contributed by atoms with Crippen molar-refractivity contribution in [3.05, 3.63) is 48.6 Å². The minimum atomic E-state index is -1.42. The lowest BCUT2D eigenvalue weighted by molar-refractivity contribution is -0.164. The number of benzene rings is 1. The summed E-state index contributed by atoms with van der Waals surface area (Å²) in [5.41, 5.74) is -1.04. The van der Waals surface area contributed by atoms with E-state index in [4.69, 9.17) is 9.47 Å². The quantitative estimate of drug-likeness (QED) is 0.385. The molecule has 4 aliphatic heterocycles. The number of aliphatic hydroxyl groups excluding tert-OH is 1. The number of ether oxygens (including phenoxy) is 2. The van der Waals surface area contributed by atoms with Crippen molar-refractivity contribution >= 4 is 28.8 Å². The third-order valence-electron chi connectivity index (χ3n) is 9.48. The van der Waals surface area contributed by atoms with E-state index in [9.17, 15) is 19.5 Å². The summed E-state index contributed by atoms with van der Waals surface area (Å²) < 4.78 is 14.4. The fourth-order valence-electron chi connectivity index (χ4n) is 7.55. The third kappa shape index (κ3) is 4.77. The van der Waals surface area contributed by atoms with Crippen LogP contribution in [0.15, 0.2) is 48.6 Å². The summed E-state index contributed by atoms with van der Waals surface area (Å²) in [4.78, 5) is 46.4. The van der Waals surface area contributed by atoms with Gasteiger partial charge in [-0.25, -0.2) is 4.68 Å². The Morgan fingerprint density at radius 3 is 2.65 bits per heavy atom. The fraction of sp³-hybridized carbons (Fsp3) is 0.594. The molecule has 43 heavy (non-hydrogen) atoms. The van der Waals surface area contributed by atoms with Crippen LogP contribution in [-0.4, -0.2) is 90.7 Å². The van der Waals surface area contributed by atoms with Gasteiger partial charge in [0, 0.05) is 6.54 Å². The van der Waals surface area contributed by atoms with E-state index in [1.165, 1.54) is 4.90 Å². The predicted molar refractivity (Wildman–Crippen MR) is 157 cm³/mol. The molecule has 1 N–H and O–H groups in total. The second-order valence-electron chi connectivity index (χ2n) is 12.6. The molecular weight excluding hydrogens is 550 g/mol. The molecule has 0 bridgehead atoms. The van der Waals surface area contributed by atoms with E-state index in [2.05, 4.69) is 10.3 Å². The Bertz CT molecular complexity index is 1450. The normalized spacial score (nSPS) is 32.4. The largest absolute Gasteiger partial charge is 0.465 e. The van der Waals surface area contributed by atoms with Crippen LogP contribution in [0.2, 0.25) is 0 Å². The Morgan fingerprint density at radius 1 is 1.07 bits per heavy atom. The minimum Gasteiger partial charge on any atom is -0.465 e. The minimum absolute atomic E-state index is 0.112. The molecule has 0 aliphatic carbocycles. The molecule has 0 radical (unpaired) electrons. The molecule has 11 nitrogen and oxygen atoms in total. The molecule has 11 heteroatoms. The molecule has 2 aromatic rings. The Morgan fingerprint density at radius 2 is 1.88 bits per heavy atom. The van der Waals surface area contributed by atoms with E-state index >= 15 is 0 Å². The summed E-state index contributed by atoms with van der Waals surface area (Å²) >= 11 is 0. The van der Waals surface area contributed by atoms with E-state index in [0.717, 1.165) is 24.8 Å². The van der Waals surface area contributed by atoms with Crippen molar-refractivity contribution in [2.45, 2.75) is 82.8 Å². The van der Waals surface area contributed by atoms with Gasteiger partial charge in [-0.05, 0) is 50.2 Å². The van der Waals surface area contributed by atoms with Gasteiger partial charge in [0.05, 0.1) is 30.7 Å².